The second-order valence-electron chi connectivity index (χ2n) is 16.3. The number of terminal acetylenes is 1. The minimum Gasteiger partial charge on any atom is -0.462 e. The van der Waals surface area contributed by atoms with E-state index in [-0.39, 0.29) is 5.97 Å². The molecule has 0 unspecified atom stereocenters. The maximum Gasteiger partial charge on any atom is 0.338 e. The van der Waals surface area contributed by atoms with E-state index >= 15 is 0 Å². The van der Waals surface area contributed by atoms with E-state index in [1.807, 2.05) is 0 Å². The summed E-state index contributed by atoms with van der Waals surface area (Å²) in [5.74, 6) is 7.66. The van der Waals surface area contributed by atoms with Crippen LogP contribution in [0.15, 0.2) is 35.9 Å². The Bertz CT molecular complexity index is 1190. The summed E-state index contributed by atoms with van der Waals surface area (Å²) in [5.41, 5.74) is 4.02. The monoisotopic (exact) mass is 614 g/mol. The Morgan fingerprint density at radius 2 is 1.67 bits per heavy atom. The summed E-state index contributed by atoms with van der Waals surface area (Å²) in [6.45, 7) is 14.0. The van der Waals surface area contributed by atoms with E-state index in [0.717, 1.165) is 79.8 Å². The fourth-order valence-electron chi connectivity index (χ4n) is 10.6. The fourth-order valence-corrected chi connectivity index (χ4v) is 10.6. The summed E-state index contributed by atoms with van der Waals surface area (Å²) in [5, 5.41) is 0. The lowest BCUT2D eigenvalue weighted by molar-refractivity contribution is -0.0641. The van der Waals surface area contributed by atoms with Crippen LogP contribution in [0, 0.1) is 58.7 Å². The van der Waals surface area contributed by atoms with Crippen molar-refractivity contribution in [1.29, 1.82) is 0 Å². The molecule has 3 saturated carbocycles. The molecule has 0 N–H and O–H groups in total. The Labute approximate surface area is 275 Å². The molecule has 0 bridgehead atoms. The topological polar surface area (TPSA) is 35.5 Å². The van der Waals surface area contributed by atoms with Gasteiger partial charge >= 0.3 is 5.97 Å². The number of esters is 1. The molecule has 0 spiro atoms. The summed E-state index contributed by atoms with van der Waals surface area (Å²) < 4.78 is 11.9. The molecule has 3 nitrogen and oxygen atoms in total. The van der Waals surface area contributed by atoms with Crippen molar-refractivity contribution in [3.05, 3.63) is 47.0 Å². The van der Waals surface area contributed by atoms with E-state index in [1.165, 1.54) is 64.2 Å². The average molecular weight is 615 g/mol. The van der Waals surface area contributed by atoms with Gasteiger partial charge < -0.3 is 9.47 Å². The second-order valence-corrected chi connectivity index (χ2v) is 16.3. The third-order valence-corrected chi connectivity index (χ3v) is 13.2. The van der Waals surface area contributed by atoms with Gasteiger partial charge in [0.25, 0.3) is 0 Å². The Kier molecular flexibility index (Phi) is 11.6. The maximum atomic E-state index is 12.2. The standard InChI is InChI=1S/C42H62O3/c1-7-32-15-17-33(18-16-32)40(43)45-28-11-9-8-10-27-44-35-23-25-41(5)34(29-35)19-20-36-38-22-21-37(31(4)14-12-13-30(2)3)42(38,6)26-24-39(36)41/h1,15-19,30-31,35-39H,8-14,20-29H2,2-6H3/t31-,35+,36+,37-,38+,39+,41+,42-/m1/s1. The first kappa shape index (κ1) is 34.3. The van der Waals surface area contributed by atoms with Crippen LogP contribution in [0.1, 0.15) is 147 Å². The van der Waals surface area contributed by atoms with Crippen LogP contribution in [0.4, 0.5) is 0 Å². The third-order valence-electron chi connectivity index (χ3n) is 13.2. The molecule has 3 fully saturated rings. The van der Waals surface area contributed by atoms with E-state index in [0.29, 0.717) is 29.1 Å². The van der Waals surface area contributed by atoms with E-state index in [9.17, 15) is 4.79 Å². The maximum absolute atomic E-state index is 12.2. The number of carbonyl (C=O) groups excluding carboxylic acids is 1. The number of hydrogen-bond donors (Lipinski definition) is 0. The summed E-state index contributed by atoms with van der Waals surface area (Å²) >= 11 is 0. The molecule has 1 aromatic rings. The molecule has 0 radical (unpaired) electrons. The molecule has 8 atom stereocenters. The smallest absolute Gasteiger partial charge is 0.338 e. The molecular formula is C42H62O3. The molecular weight excluding hydrogens is 552 g/mol. The van der Waals surface area contributed by atoms with Gasteiger partial charge in [0.1, 0.15) is 0 Å². The van der Waals surface area contributed by atoms with Gasteiger partial charge in [0.05, 0.1) is 18.3 Å². The largest absolute Gasteiger partial charge is 0.462 e. The van der Waals surface area contributed by atoms with Crippen molar-refractivity contribution in [2.24, 2.45) is 46.3 Å². The van der Waals surface area contributed by atoms with E-state index in [4.69, 9.17) is 15.9 Å². The molecule has 0 saturated heterocycles. The van der Waals surface area contributed by atoms with Crippen LogP contribution >= 0.6 is 0 Å². The highest BCUT2D eigenvalue weighted by molar-refractivity contribution is 5.89. The van der Waals surface area contributed by atoms with Crippen molar-refractivity contribution < 1.29 is 14.3 Å². The van der Waals surface area contributed by atoms with Crippen molar-refractivity contribution in [2.75, 3.05) is 13.2 Å². The first-order valence-electron chi connectivity index (χ1n) is 18.7. The summed E-state index contributed by atoms with van der Waals surface area (Å²) in [6, 6.07) is 7.01. The highest BCUT2D eigenvalue weighted by atomic mass is 16.5. The average Bonchev–Trinajstić information content (AvgIpc) is 3.39. The predicted octanol–water partition coefficient (Wildman–Crippen LogP) is 10.8. The number of hydrogen-bond acceptors (Lipinski definition) is 3. The van der Waals surface area contributed by atoms with E-state index < -0.39 is 0 Å². The van der Waals surface area contributed by atoms with Crippen LogP contribution in [0.5, 0.6) is 0 Å². The lowest BCUT2D eigenvalue weighted by Crippen LogP contribution is -2.51. The summed E-state index contributed by atoms with van der Waals surface area (Å²) in [7, 11) is 0. The van der Waals surface area contributed by atoms with Gasteiger partial charge in [-0.15, -0.1) is 6.42 Å². The predicted molar refractivity (Wildman–Crippen MR) is 186 cm³/mol. The Morgan fingerprint density at radius 1 is 0.911 bits per heavy atom. The minimum atomic E-state index is -0.272. The van der Waals surface area contributed by atoms with Crippen molar-refractivity contribution in [1.82, 2.24) is 0 Å². The third kappa shape index (κ3) is 7.75. The SMILES string of the molecule is C#Cc1ccc(C(=O)OCCCCCCO[C@H]2CC[C@@]3(C)C(=CC[C@H]4[C@@H]5CC[C@H]([C@H](C)CCCC(C)C)[C@@]5(C)CC[C@@H]43)C2)cc1. The van der Waals surface area contributed by atoms with Crippen LogP contribution in [-0.4, -0.2) is 25.3 Å². The van der Waals surface area contributed by atoms with Crippen LogP contribution in [0.25, 0.3) is 0 Å². The number of ether oxygens (including phenoxy) is 2. The molecule has 4 aliphatic rings. The number of benzene rings is 1. The highest BCUT2D eigenvalue weighted by Crippen LogP contribution is 2.67. The van der Waals surface area contributed by atoms with Gasteiger partial charge in [0.15, 0.2) is 0 Å². The van der Waals surface area contributed by atoms with Crippen molar-refractivity contribution in [3.63, 3.8) is 0 Å². The Morgan fingerprint density at radius 3 is 2.40 bits per heavy atom. The van der Waals surface area contributed by atoms with Crippen molar-refractivity contribution in [3.8, 4) is 12.3 Å². The second kappa shape index (κ2) is 15.2. The van der Waals surface area contributed by atoms with Crippen LogP contribution in [-0.2, 0) is 9.47 Å². The molecule has 0 aromatic heterocycles. The molecule has 5 rings (SSSR count). The molecule has 45 heavy (non-hydrogen) atoms. The van der Waals surface area contributed by atoms with Crippen LogP contribution in [0.2, 0.25) is 0 Å². The number of fused-ring (bicyclic) bond motifs is 5. The summed E-state index contributed by atoms with van der Waals surface area (Å²) in [6.07, 6.45) is 27.7. The molecule has 248 valence electrons. The van der Waals surface area contributed by atoms with Gasteiger partial charge in [-0.2, -0.15) is 0 Å². The summed E-state index contributed by atoms with van der Waals surface area (Å²) in [4.78, 5) is 12.2. The van der Waals surface area contributed by atoms with Crippen molar-refractivity contribution >= 4 is 5.97 Å². The highest BCUT2D eigenvalue weighted by Gasteiger charge is 2.59. The molecule has 0 aliphatic heterocycles. The Hall–Kier alpha value is -2.05. The normalized spacial score (nSPS) is 33.0. The quantitative estimate of drug-likeness (QED) is 0.0905. The van der Waals surface area contributed by atoms with Gasteiger partial charge in [-0.3, -0.25) is 0 Å². The van der Waals surface area contributed by atoms with Gasteiger partial charge in [-0.1, -0.05) is 77.9 Å². The van der Waals surface area contributed by atoms with Gasteiger partial charge in [-0.05, 0) is 141 Å². The molecule has 0 amide bonds. The molecule has 3 heteroatoms. The van der Waals surface area contributed by atoms with Crippen LogP contribution < -0.4 is 0 Å². The minimum absolute atomic E-state index is 0.272. The van der Waals surface area contributed by atoms with E-state index in [1.54, 1.807) is 29.8 Å². The van der Waals surface area contributed by atoms with E-state index in [2.05, 4.69) is 46.6 Å². The Balaban J connectivity index is 1.02. The fraction of sp³-hybridized carbons (Fsp3) is 0.738. The van der Waals surface area contributed by atoms with Gasteiger partial charge in [0, 0.05) is 12.2 Å². The van der Waals surface area contributed by atoms with Gasteiger partial charge in [-0.25, -0.2) is 4.79 Å². The number of unbranched alkanes of at least 4 members (excludes halogenated alkanes) is 3. The van der Waals surface area contributed by atoms with Crippen molar-refractivity contribution in [2.45, 2.75) is 137 Å². The zero-order chi connectivity index (χ0) is 32.0. The first-order valence-corrected chi connectivity index (χ1v) is 18.7. The first-order chi connectivity index (χ1) is 21.7. The molecule has 4 aliphatic carbocycles. The molecule has 1 aromatic carbocycles. The zero-order valence-corrected chi connectivity index (χ0v) is 29.3. The zero-order valence-electron chi connectivity index (χ0n) is 29.3. The lowest BCUT2D eigenvalue weighted by Gasteiger charge is -2.58. The molecule has 0 heterocycles. The number of carbonyl (C=O) groups is 1. The number of rotatable bonds is 14. The van der Waals surface area contributed by atoms with Crippen LogP contribution in [0.3, 0.4) is 0 Å². The van der Waals surface area contributed by atoms with Gasteiger partial charge in [0.2, 0.25) is 0 Å². The number of allylic oxidation sites excluding steroid dienone is 1. The lowest BCUT2D eigenvalue weighted by atomic mass is 9.47.